The minimum atomic E-state index is -0.223. The highest BCUT2D eigenvalue weighted by Gasteiger charge is 2.23. The third-order valence-electron chi connectivity index (χ3n) is 5.06. The summed E-state index contributed by atoms with van der Waals surface area (Å²) in [6.45, 7) is 9.87. The van der Waals surface area contributed by atoms with Gasteiger partial charge in [-0.3, -0.25) is 0 Å². The summed E-state index contributed by atoms with van der Waals surface area (Å²) < 4.78 is 5.09. The average Bonchev–Trinajstić information content (AvgIpc) is 2.68. The number of aryl methyl sites for hydroxylation is 1. The zero-order valence-corrected chi connectivity index (χ0v) is 17.7. The number of aromatic nitrogens is 2. The third kappa shape index (κ3) is 5.59. The molecule has 1 aliphatic heterocycles. The number of carbonyl (C=O) groups is 1. The molecule has 2 heterocycles. The fourth-order valence-electron chi connectivity index (χ4n) is 3.59. The molecule has 1 amide bonds. The maximum absolute atomic E-state index is 11.9. The van der Waals surface area contributed by atoms with Gasteiger partial charge in [-0.15, -0.1) is 0 Å². The lowest BCUT2D eigenvalue weighted by molar-refractivity contribution is 0.0983. The van der Waals surface area contributed by atoms with Crippen molar-refractivity contribution in [1.82, 2.24) is 14.9 Å². The number of carbonyl (C=O) groups excluding carboxylic acids is 1. The standard InChI is InChI=1S/C22H31N5O2/c1-5-29-22(28)27-12-10-17(11-13-27)25-20-14-21(24-16(4)23-20)26-19-9-7-6-8-18(19)15(2)3/h6-9,14-15,17H,5,10-13H2,1-4H3,(H2,23,24,25,26). The second-order valence-electron chi connectivity index (χ2n) is 7.66. The maximum Gasteiger partial charge on any atom is 0.409 e. The molecule has 1 aromatic heterocycles. The van der Waals surface area contributed by atoms with Crippen LogP contribution in [0.15, 0.2) is 30.3 Å². The third-order valence-corrected chi connectivity index (χ3v) is 5.06. The van der Waals surface area contributed by atoms with Crippen LogP contribution in [-0.2, 0) is 4.74 Å². The van der Waals surface area contributed by atoms with Gasteiger partial charge in [0.15, 0.2) is 0 Å². The second-order valence-corrected chi connectivity index (χ2v) is 7.66. The van der Waals surface area contributed by atoms with Gasteiger partial charge >= 0.3 is 6.09 Å². The highest BCUT2D eigenvalue weighted by Crippen LogP contribution is 2.27. The van der Waals surface area contributed by atoms with Crippen molar-refractivity contribution in [3.8, 4) is 0 Å². The van der Waals surface area contributed by atoms with Crippen LogP contribution in [0.1, 0.15) is 50.9 Å². The van der Waals surface area contributed by atoms with Crippen molar-refractivity contribution in [2.45, 2.75) is 52.5 Å². The van der Waals surface area contributed by atoms with Crippen molar-refractivity contribution >= 4 is 23.4 Å². The van der Waals surface area contributed by atoms with E-state index < -0.39 is 0 Å². The van der Waals surface area contributed by atoms with E-state index in [1.807, 2.05) is 26.0 Å². The van der Waals surface area contributed by atoms with Gasteiger partial charge in [-0.1, -0.05) is 32.0 Å². The van der Waals surface area contributed by atoms with E-state index in [2.05, 4.69) is 52.6 Å². The summed E-state index contributed by atoms with van der Waals surface area (Å²) in [5.41, 5.74) is 2.32. The number of nitrogens with zero attached hydrogens (tertiary/aromatic N) is 3. The first-order valence-corrected chi connectivity index (χ1v) is 10.4. The first kappa shape index (κ1) is 20.9. The minimum Gasteiger partial charge on any atom is -0.450 e. The summed E-state index contributed by atoms with van der Waals surface area (Å²) >= 11 is 0. The molecule has 0 radical (unpaired) electrons. The quantitative estimate of drug-likeness (QED) is 0.736. The fraction of sp³-hybridized carbons (Fsp3) is 0.500. The average molecular weight is 398 g/mol. The van der Waals surface area contributed by atoms with Crippen LogP contribution >= 0.6 is 0 Å². The smallest absolute Gasteiger partial charge is 0.409 e. The topological polar surface area (TPSA) is 79.4 Å². The Bertz CT molecular complexity index is 832. The summed E-state index contributed by atoms with van der Waals surface area (Å²) in [6.07, 6.45) is 1.50. The number of amides is 1. The molecule has 0 spiro atoms. The number of nitrogens with one attached hydrogen (secondary N) is 2. The van der Waals surface area contributed by atoms with Crippen molar-refractivity contribution < 1.29 is 9.53 Å². The van der Waals surface area contributed by atoms with Crippen molar-refractivity contribution in [2.24, 2.45) is 0 Å². The largest absolute Gasteiger partial charge is 0.450 e. The Kier molecular flexibility index (Phi) is 6.90. The van der Waals surface area contributed by atoms with Crippen molar-refractivity contribution in [2.75, 3.05) is 30.3 Å². The Hall–Kier alpha value is -2.83. The molecule has 156 valence electrons. The number of hydrogen-bond donors (Lipinski definition) is 2. The van der Waals surface area contributed by atoms with Crippen LogP contribution in [0.4, 0.5) is 22.1 Å². The number of rotatable bonds is 6. The van der Waals surface area contributed by atoms with Gasteiger partial charge in [0.05, 0.1) is 6.61 Å². The zero-order chi connectivity index (χ0) is 20.8. The first-order valence-electron chi connectivity index (χ1n) is 10.4. The number of para-hydroxylation sites is 1. The Morgan fingerprint density at radius 3 is 2.59 bits per heavy atom. The molecule has 1 saturated heterocycles. The minimum absolute atomic E-state index is 0.223. The molecular formula is C22H31N5O2. The van der Waals surface area contributed by atoms with Crippen molar-refractivity contribution in [1.29, 1.82) is 0 Å². The van der Waals surface area contributed by atoms with Crippen LogP contribution in [0.3, 0.4) is 0 Å². The van der Waals surface area contributed by atoms with Gasteiger partial charge in [0.25, 0.3) is 0 Å². The van der Waals surface area contributed by atoms with Gasteiger partial charge in [-0.2, -0.15) is 0 Å². The number of piperidine rings is 1. The number of anilines is 3. The molecule has 0 aliphatic carbocycles. The van der Waals surface area contributed by atoms with Crippen LogP contribution < -0.4 is 10.6 Å². The Morgan fingerprint density at radius 2 is 1.90 bits per heavy atom. The van der Waals surface area contributed by atoms with Crippen molar-refractivity contribution in [3.63, 3.8) is 0 Å². The predicted octanol–water partition coefficient (Wildman–Crippen LogP) is 4.68. The van der Waals surface area contributed by atoms with Gasteiger partial charge in [-0.25, -0.2) is 14.8 Å². The predicted molar refractivity (Wildman–Crippen MR) is 116 cm³/mol. The number of likely N-dealkylation sites (tertiary alicyclic amines) is 1. The second kappa shape index (κ2) is 9.58. The number of ether oxygens (including phenoxy) is 1. The number of benzene rings is 1. The molecule has 1 aliphatic rings. The molecule has 29 heavy (non-hydrogen) atoms. The van der Waals surface area contributed by atoms with Crippen LogP contribution in [0, 0.1) is 6.92 Å². The van der Waals surface area contributed by atoms with E-state index in [0.29, 0.717) is 31.4 Å². The van der Waals surface area contributed by atoms with Gasteiger partial charge in [0, 0.05) is 30.9 Å². The lowest BCUT2D eigenvalue weighted by atomic mass is 10.0. The Morgan fingerprint density at radius 1 is 1.21 bits per heavy atom. The van der Waals surface area contributed by atoms with Crippen LogP contribution in [0.25, 0.3) is 0 Å². The molecule has 0 saturated carbocycles. The molecule has 0 bridgehead atoms. The summed E-state index contributed by atoms with van der Waals surface area (Å²) in [5, 5.41) is 6.95. The van der Waals surface area contributed by atoms with E-state index in [9.17, 15) is 4.79 Å². The van der Waals surface area contributed by atoms with E-state index in [1.54, 1.807) is 4.90 Å². The molecular weight excluding hydrogens is 366 g/mol. The summed E-state index contributed by atoms with van der Waals surface area (Å²) in [4.78, 5) is 22.7. The highest BCUT2D eigenvalue weighted by molar-refractivity contribution is 5.67. The van der Waals surface area contributed by atoms with E-state index in [-0.39, 0.29) is 12.1 Å². The molecule has 1 fully saturated rings. The van der Waals surface area contributed by atoms with E-state index in [0.717, 1.165) is 30.2 Å². The van der Waals surface area contributed by atoms with E-state index in [1.165, 1.54) is 5.56 Å². The SMILES string of the molecule is CCOC(=O)N1CCC(Nc2cc(Nc3ccccc3C(C)C)nc(C)n2)CC1. The molecule has 2 aromatic rings. The molecule has 3 rings (SSSR count). The molecule has 0 unspecified atom stereocenters. The Labute approximate surface area is 172 Å². The fourth-order valence-corrected chi connectivity index (χ4v) is 3.59. The molecule has 1 aromatic carbocycles. The van der Waals surface area contributed by atoms with Gasteiger partial charge in [0.2, 0.25) is 0 Å². The normalized spacial score (nSPS) is 14.7. The van der Waals surface area contributed by atoms with Gasteiger partial charge < -0.3 is 20.3 Å². The molecule has 0 atom stereocenters. The van der Waals surface area contributed by atoms with Gasteiger partial charge in [-0.05, 0) is 44.2 Å². The molecule has 7 nitrogen and oxygen atoms in total. The summed E-state index contributed by atoms with van der Waals surface area (Å²) in [5.74, 6) is 2.71. The lowest BCUT2D eigenvalue weighted by Gasteiger charge is -2.31. The van der Waals surface area contributed by atoms with Crippen molar-refractivity contribution in [3.05, 3.63) is 41.7 Å². The first-order chi connectivity index (χ1) is 14.0. The summed E-state index contributed by atoms with van der Waals surface area (Å²) in [6, 6.07) is 10.5. The van der Waals surface area contributed by atoms with Crippen LogP contribution in [-0.4, -0.2) is 46.7 Å². The van der Waals surface area contributed by atoms with Crippen LogP contribution in [0.5, 0.6) is 0 Å². The lowest BCUT2D eigenvalue weighted by Crippen LogP contribution is -2.42. The molecule has 2 N–H and O–H groups in total. The maximum atomic E-state index is 11.9. The molecule has 7 heteroatoms. The monoisotopic (exact) mass is 397 g/mol. The van der Waals surface area contributed by atoms with E-state index in [4.69, 9.17) is 4.74 Å². The highest BCUT2D eigenvalue weighted by atomic mass is 16.6. The summed E-state index contributed by atoms with van der Waals surface area (Å²) in [7, 11) is 0. The zero-order valence-electron chi connectivity index (χ0n) is 17.7. The van der Waals surface area contributed by atoms with Crippen LogP contribution in [0.2, 0.25) is 0 Å². The number of hydrogen-bond acceptors (Lipinski definition) is 6. The van der Waals surface area contributed by atoms with Gasteiger partial charge in [0.1, 0.15) is 17.5 Å². The Balaban J connectivity index is 1.65. The van der Waals surface area contributed by atoms with E-state index >= 15 is 0 Å².